The van der Waals surface area contributed by atoms with Gasteiger partial charge < -0.3 is 9.64 Å². The van der Waals surface area contributed by atoms with Crippen LogP contribution in [0, 0.1) is 11.3 Å². The molecule has 3 heterocycles. The highest BCUT2D eigenvalue weighted by Crippen LogP contribution is 2.32. The molecular formula is C27H22N4O2. The monoisotopic (exact) mass is 434 g/mol. The Labute approximate surface area is 191 Å². The number of pyridine rings is 2. The molecule has 162 valence electrons. The zero-order chi connectivity index (χ0) is 22.6. The molecule has 0 amide bonds. The molecule has 5 rings (SSSR count). The molecule has 0 saturated carbocycles. The first-order chi connectivity index (χ1) is 16.3. The number of rotatable bonds is 4. The number of ether oxygens (including phenoxy) is 1. The van der Waals surface area contributed by atoms with E-state index in [2.05, 4.69) is 16.0 Å². The van der Waals surface area contributed by atoms with E-state index in [1.165, 1.54) is 0 Å². The number of anilines is 1. The number of benzene rings is 2. The van der Waals surface area contributed by atoms with Crippen LogP contribution in [0.2, 0.25) is 0 Å². The van der Waals surface area contributed by atoms with Crippen molar-refractivity contribution in [3.05, 3.63) is 101 Å². The van der Waals surface area contributed by atoms with E-state index in [9.17, 15) is 10.1 Å². The molecule has 0 bridgehead atoms. The summed E-state index contributed by atoms with van der Waals surface area (Å²) in [5.74, 6) is 0.860. The van der Waals surface area contributed by atoms with Gasteiger partial charge in [-0.3, -0.25) is 9.36 Å². The summed E-state index contributed by atoms with van der Waals surface area (Å²) in [6, 6.07) is 24.7. The van der Waals surface area contributed by atoms with E-state index < -0.39 is 0 Å². The minimum absolute atomic E-state index is 0.176. The summed E-state index contributed by atoms with van der Waals surface area (Å²) >= 11 is 0. The van der Waals surface area contributed by atoms with Gasteiger partial charge >= 0.3 is 0 Å². The molecule has 0 spiro atoms. The first-order valence-corrected chi connectivity index (χ1v) is 10.9. The predicted octanol–water partition coefficient (Wildman–Crippen LogP) is 4.27. The lowest BCUT2D eigenvalue weighted by Crippen LogP contribution is -2.37. The highest BCUT2D eigenvalue weighted by Gasteiger charge is 2.20. The number of para-hydroxylation sites is 1. The van der Waals surface area contributed by atoms with Crippen LogP contribution in [0.1, 0.15) is 5.56 Å². The number of nitrogens with zero attached hydrogens (tertiary/aromatic N) is 4. The number of nitriles is 1. The van der Waals surface area contributed by atoms with Crippen molar-refractivity contribution in [1.82, 2.24) is 9.55 Å². The molecule has 4 aromatic rings. The smallest absolute Gasteiger partial charge is 0.263 e. The van der Waals surface area contributed by atoms with Crippen LogP contribution < -0.4 is 10.5 Å². The average Bonchev–Trinajstić information content (AvgIpc) is 2.90. The highest BCUT2D eigenvalue weighted by atomic mass is 16.5. The maximum Gasteiger partial charge on any atom is 0.263 e. The number of aromatic nitrogens is 2. The number of morpholine rings is 1. The Balaban J connectivity index is 1.76. The highest BCUT2D eigenvalue weighted by molar-refractivity contribution is 5.80. The topological polar surface area (TPSA) is 71.2 Å². The van der Waals surface area contributed by atoms with Crippen molar-refractivity contribution in [2.75, 3.05) is 31.2 Å². The lowest BCUT2D eigenvalue weighted by Gasteiger charge is -2.29. The van der Waals surface area contributed by atoms with Gasteiger partial charge in [0.15, 0.2) is 0 Å². The summed E-state index contributed by atoms with van der Waals surface area (Å²) in [6.07, 6.45) is 3.64. The van der Waals surface area contributed by atoms with E-state index in [0.717, 1.165) is 35.7 Å². The van der Waals surface area contributed by atoms with Crippen molar-refractivity contribution in [2.24, 2.45) is 0 Å². The summed E-state index contributed by atoms with van der Waals surface area (Å²) < 4.78 is 7.16. The van der Waals surface area contributed by atoms with Crippen molar-refractivity contribution in [2.45, 2.75) is 0 Å². The fourth-order valence-electron chi connectivity index (χ4n) is 4.17. The molecule has 6 nitrogen and oxygen atoms in total. The van der Waals surface area contributed by atoms with E-state index in [4.69, 9.17) is 4.74 Å². The van der Waals surface area contributed by atoms with Gasteiger partial charge in [0.2, 0.25) is 0 Å². The van der Waals surface area contributed by atoms with Crippen LogP contribution in [0.4, 0.5) is 5.82 Å². The number of hydrogen-bond donors (Lipinski definition) is 0. The molecule has 1 saturated heterocycles. The van der Waals surface area contributed by atoms with Crippen molar-refractivity contribution in [3.8, 4) is 34.0 Å². The van der Waals surface area contributed by atoms with Crippen molar-refractivity contribution in [1.29, 1.82) is 5.26 Å². The second kappa shape index (κ2) is 9.11. The Kier molecular flexibility index (Phi) is 5.71. The number of hydrogen-bond acceptors (Lipinski definition) is 5. The van der Waals surface area contributed by atoms with Gasteiger partial charge in [0, 0.05) is 53.4 Å². The third-order valence-electron chi connectivity index (χ3n) is 5.80. The normalized spacial score (nSPS) is 13.5. The summed E-state index contributed by atoms with van der Waals surface area (Å²) in [5, 5.41) is 9.67. The summed E-state index contributed by atoms with van der Waals surface area (Å²) in [5.41, 5.74) is 3.93. The second-order valence-electron chi connectivity index (χ2n) is 7.78. The van der Waals surface area contributed by atoms with Crippen LogP contribution in [0.15, 0.2) is 90.0 Å². The lowest BCUT2D eigenvalue weighted by molar-refractivity contribution is 0.122. The first kappa shape index (κ1) is 20.7. The predicted molar refractivity (Wildman–Crippen MR) is 128 cm³/mol. The van der Waals surface area contributed by atoms with Gasteiger partial charge in [-0.05, 0) is 36.4 Å². The molecule has 6 heteroatoms. The SMILES string of the molecule is N#Cc1ccccc1-c1cc(-c2cccnc2N2CCOCC2)cn(-c2ccccc2)c1=O. The molecule has 0 unspecified atom stereocenters. The first-order valence-electron chi connectivity index (χ1n) is 10.9. The molecule has 33 heavy (non-hydrogen) atoms. The summed E-state index contributed by atoms with van der Waals surface area (Å²) in [6.45, 7) is 2.82. The zero-order valence-electron chi connectivity index (χ0n) is 18.0. The van der Waals surface area contributed by atoms with Crippen molar-refractivity contribution < 1.29 is 4.74 Å². The zero-order valence-corrected chi connectivity index (χ0v) is 18.0. The van der Waals surface area contributed by atoms with Gasteiger partial charge in [0.05, 0.1) is 24.8 Å². The van der Waals surface area contributed by atoms with Crippen LogP contribution in [-0.2, 0) is 4.74 Å². The van der Waals surface area contributed by atoms with E-state index in [-0.39, 0.29) is 5.56 Å². The Morgan fingerprint density at radius 3 is 2.39 bits per heavy atom. The van der Waals surface area contributed by atoms with Gasteiger partial charge in [-0.1, -0.05) is 36.4 Å². The largest absolute Gasteiger partial charge is 0.378 e. The van der Waals surface area contributed by atoms with Crippen molar-refractivity contribution in [3.63, 3.8) is 0 Å². The molecule has 0 atom stereocenters. The fraction of sp³-hybridized carbons (Fsp3) is 0.148. The van der Waals surface area contributed by atoms with Gasteiger partial charge in [-0.2, -0.15) is 5.26 Å². The van der Waals surface area contributed by atoms with Crippen molar-refractivity contribution >= 4 is 5.82 Å². The van der Waals surface area contributed by atoms with Gasteiger partial charge in [0.1, 0.15) is 5.82 Å². The standard InChI is InChI=1S/C27H22N4O2/c28-18-20-7-4-5-10-23(20)25-17-21(19-31(27(25)32)22-8-2-1-3-9-22)24-11-6-12-29-26(24)30-13-15-33-16-14-30/h1-12,17,19H,13-16H2. The Hall–Kier alpha value is -4.21. The van der Waals surface area contributed by atoms with Gasteiger partial charge in [0.25, 0.3) is 5.56 Å². The minimum atomic E-state index is -0.176. The molecule has 1 aliphatic heterocycles. The van der Waals surface area contributed by atoms with E-state index >= 15 is 0 Å². The fourth-order valence-corrected chi connectivity index (χ4v) is 4.17. The van der Waals surface area contributed by atoms with E-state index in [0.29, 0.717) is 29.9 Å². The molecule has 0 aliphatic carbocycles. The maximum atomic E-state index is 13.6. The minimum Gasteiger partial charge on any atom is -0.378 e. The van der Waals surface area contributed by atoms with Crippen LogP contribution in [0.5, 0.6) is 0 Å². The molecule has 1 fully saturated rings. The van der Waals surface area contributed by atoms with Gasteiger partial charge in [-0.15, -0.1) is 0 Å². The maximum absolute atomic E-state index is 13.6. The van der Waals surface area contributed by atoms with Crippen LogP contribution in [0.25, 0.3) is 27.9 Å². The Morgan fingerprint density at radius 1 is 0.879 bits per heavy atom. The Morgan fingerprint density at radius 2 is 1.61 bits per heavy atom. The Bertz CT molecular complexity index is 1380. The molecule has 2 aromatic heterocycles. The molecule has 1 aliphatic rings. The molecule has 2 aromatic carbocycles. The molecule has 0 radical (unpaired) electrons. The second-order valence-corrected chi connectivity index (χ2v) is 7.78. The third-order valence-corrected chi connectivity index (χ3v) is 5.80. The van der Waals surface area contributed by atoms with E-state index in [1.807, 2.05) is 66.9 Å². The molecular weight excluding hydrogens is 412 g/mol. The lowest BCUT2D eigenvalue weighted by atomic mass is 9.98. The summed E-state index contributed by atoms with van der Waals surface area (Å²) in [4.78, 5) is 20.5. The molecule has 0 N–H and O–H groups in total. The third kappa shape index (κ3) is 4.02. The van der Waals surface area contributed by atoms with Crippen LogP contribution in [0.3, 0.4) is 0 Å². The quantitative estimate of drug-likeness (QED) is 0.480. The summed E-state index contributed by atoms with van der Waals surface area (Å²) in [7, 11) is 0. The van der Waals surface area contributed by atoms with Crippen LogP contribution in [-0.4, -0.2) is 35.9 Å². The van der Waals surface area contributed by atoms with Crippen LogP contribution >= 0.6 is 0 Å². The van der Waals surface area contributed by atoms with E-state index in [1.54, 1.807) is 22.9 Å². The average molecular weight is 434 g/mol. The van der Waals surface area contributed by atoms with Gasteiger partial charge in [-0.25, -0.2) is 4.98 Å².